The summed E-state index contributed by atoms with van der Waals surface area (Å²) in [6, 6.07) is 9.23. The van der Waals surface area contributed by atoms with Gasteiger partial charge in [-0.15, -0.1) is 0 Å². The van der Waals surface area contributed by atoms with E-state index < -0.39 is 23.6 Å². The largest absolute Gasteiger partial charge is 0.391 e. The van der Waals surface area contributed by atoms with Gasteiger partial charge in [-0.25, -0.2) is 8.78 Å². The van der Waals surface area contributed by atoms with Crippen LogP contribution < -0.4 is 5.32 Å². The van der Waals surface area contributed by atoms with Crippen molar-refractivity contribution >= 4 is 11.7 Å². The number of hydrogen-bond donors (Lipinski definition) is 2. The van der Waals surface area contributed by atoms with E-state index in [1.165, 1.54) is 25.1 Å². The molecule has 0 saturated heterocycles. The lowest BCUT2D eigenvalue weighted by Crippen LogP contribution is -2.33. The number of aliphatic hydroxyl groups excluding tert-OH is 1. The molecule has 6 heteroatoms. The third-order valence-electron chi connectivity index (χ3n) is 3.52. The molecular weight excluding hydrogens is 316 g/mol. The van der Waals surface area contributed by atoms with Crippen molar-refractivity contribution in [3.63, 3.8) is 0 Å². The van der Waals surface area contributed by atoms with Crippen LogP contribution in [0.15, 0.2) is 42.5 Å². The van der Waals surface area contributed by atoms with Crippen LogP contribution in [0.2, 0.25) is 0 Å². The van der Waals surface area contributed by atoms with Gasteiger partial charge in [0, 0.05) is 30.2 Å². The molecule has 2 rings (SSSR count). The SMILES string of the molecule is CC(=O)c1ccc(C(=O)NC[C@@H](O)Cc2ccc(F)cc2F)cc1. The van der Waals surface area contributed by atoms with Gasteiger partial charge in [-0.05, 0) is 30.7 Å². The molecule has 0 unspecified atom stereocenters. The normalized spacial score (nSPS) is 11.8. The summed E-state index contributed by atoms with van der Waals surface area (Å²) in [5.74, 6) is -1.93. The summed E-state index contributed by atoms with van der Waals surface area (Å²) >= 11 is 0. The van der Waals surface area contributed by atoms with Gasteiger partial charge in [0.05, 0.1) is 6.10 Å². The standard InChI is InChI=1S/C18H17F2NO3/c1-11(22)12-2-4-13(5-3-12)18(24)21-10-16(23)8-14-6-7-15(19)9-17(14)20/h2-7,9,16,23H,8,10H2,1H3,(H,21,24)/t16-/m0/s1. The number of ketones is 1. The van der Waals surface area contributed by atoms with Crippen LogP contribution in [0.1, 0.15) is 33.2 Å². The minimum atomic E-state index is -1.01. The third-order valence-corrected chi connectivity index (χ3v) is 3.52. The molecule has 0 aliphatic rings. The Labute approximate surface area is 138 Å². The van der Waals surface area contributed by atoms with Gasteiger partial charge < -0.3 is 10.4 Å². The van der Waals surface area contributed by atoms with Crippen molar-refractivity contribution < 1.29 is 23.5 Å². The predicted molar refractivity (Wildman–Crippen MR) is 84.8 cm³/mol. The Kier molecular flexibility index (Phi) is 5.76. The summed E-state index contributed by atoms with van der Waals surface area (Å²) in [5, 5.41) is 12.4. The molecule has 0 heterocycles. The monoisotopic (exact) mass is 333 g/mol. The lowest BCUT2D eigenvalue weighted by atomic mass is 10.1. The van der Waals surface area contributed by atoms with Crippen molar-refractivity contribution in [3.8, 4) is 0 Å². The molecular formula is C18H17F2NO3. The summed E-state index contributed by atoms with van der Waals surface area (Å²) in [6.45, 7) is 1.35. The topological polar surface area (TPSA) is 66.4 Å². The van der Waals surface area contributed by atoms with Gasteiger partial charge in [-0.2, -0.15) is 0 Å². The third kappa shape index (κ3) is 4.70. The minimum absolute atomic E-state index is 0.0460. The van der Waals surface area contributed by atoms with Gasteiger partial charge in [-0.3, -0.25) is 9.59 Å². The van der Waals surface area contributed by atoms with Gasteiger partial charge >= 0.3 is 0 Å². The molecule has 0 aliphatic heterocycles. The van der Waals surface area contributed by atoms with Crippen LogP contribution >= 0.6 is 0 Å². The zero-order valence-corrected chi connectivity index (χ0v) is 13.1. The Hall–Kier alpha value is -2.60. The molecule has 24 heavy (non-hydrogen) atoms. The average molecular weight is 333 g/mol. The number of rotatable bonds is 6. The second-order valence-electron chi connectivity index (χ2n) is 5.44. The Bertz CT molecular complexity index is 744. The maximum absolute atomic E-state index is 13.5. The van der Waals surface area contributed by atoms with E-state index in [4.69, 9.17) is 0 Å². The van der Waals surface area contributed by atoms with Gasteiger partial charge in [0.15, 0.2) is 5.78 Å². The van der Waals surface area contributed by atoms with E-state index >= 15 is 0 Å². The van der Waals surface area contributed by atoms with E-state index in [-0.39, 0.29) is 24.3 Å². The quantitative estimate of drug-likeness (QED) is 0.798. The first-order chi connectivity index (χ1) is 11.4. The van der Waals surface area contributed by atoms with E-state index in [0.29, 0.717) is 11.1 Å². The number of nitrogens with one attached hydrogen (secondary N) is 1. The fourth-order valence-corrected chi connectivity index (χ4v) is 2.18. The molecule has 0 radical (unpaired) electrons. The molecule has 126 valence electrons. The van der Waals surface area contributed by atoms with Crippen LogP contribution in [0.5, 0.6) is 0 Å². The molecule has 0 saturated carbocycles. The van der Waals surface area contributed by atoms with Crippen molar-refractivity contribution in [1.29, 1.82) is 0 Å². The molecule has 0 bridgehead atoms. The number of hydrogen-bond acceptors (Lipinski definition) is 3. The number of benzene rings is 2. The Balaban J connectivity index is 1.89. The highest BCUT2D eigenvalue weighted by molar-refractivity contribution is 5.97. The highest BCUT2D eigenvalue weighted by Crippen LogP contribution is 2.12. The van der Waals surface area contributed by atoms with Crippen LogP contribution in [0.3, 0.4) is 0 Å². The summed E-state index contributed by atoms with van der Waals surface area (Å²) in [4.78, 5) is 23.1. The second-order valence-corrected chi connectivity index (χ2v) is 5.44. The van der Waals surface area contributed by atoms with Gasteiger partial charge in [0.1, 0.15) is 11.6 Å². The number of Topliss-reactive ketones (excluding diaryl/α,β-unsaturated/α-hetero) is 1. The van der Waals surface area contributed by atoms with Crippen molar-refractivity contribution in [3.05, 3.63) is 70.8 Å². The number of aliphatic hydroxyl groups is 1. The maximum atomic E-state index is 13.5. The second kappa shape index (κ2) is 7.79. The summed E-state index contributed by atoms with van der Waals surface area (Å²) < 4.78 is 26.3. The van der Waals surface area contributed by atoms with Crippen molar-refractivity contribution in [2.45, 2.75) is 19.4 Å². The van der Waals surface area contributed by atoms with E-state index in [2.05, 4.69) is 5.32 Å². The summed E-state index contributed by atoms with van der Waals surface area (Å²) in [5.41, 5.74) is 1.02. The lowest BCUT2D eigenvalue weighted by molar-refractivity contribution is 0.0914. The van der Waals surface area contributed by atoms with E-state index in [0.717, 1.165) is 12.1 Å². The van der Waals surface area contributed by atoms with Crippen LogP contribution in [0, 0.1) is 11.6 Å². The lowest BCUT2D eigenvalue weighted by Gasteiger charge is -2.13. The Morgan fingerprint density at radius 2 is 1.71 bits per heavy atom. The zero-order valence-electron chi connectivity index (χ0n) is 13.1. The molecule has 1 amide bonds. The number of carbonyl (C=O) groups excluding carboxylic acids is 2. The average Bonchev–Trinajstić information content (AvgIpc) is 2.55. The van der Waals surface area contributed by atoms with Crippen molar-refractivity contribution in [1.82, 2.24) is 5.32 Å². The molecule has 2 aromatic carbocycles. The smallest absolute Gasteiger partial charge is 0.251 e. The molecule has 2 N–H and O–H groups in total. The van der Waals surface area contributed by atoms with Gasteiger partial charge in [-0.1, -0.05) is 18.2 Å². The first-order valence-corrected chi connectivity index (χ1v) is 7.38. The van der Waals surface area contributed by atoms with E-state index in [1.54, 1.807) is 12.1 Å². The summed E-state index contributed by atoms with van der Waals surface area (Å²) in [7, 11) is 0. The number of amides is 1. The van der Waals surface area contributed by atoms with Crippen LogP contribution in [0.4, 0.5) is 8.78 Å². The summed E-state index contributed by atoms with van der Waals surface area (Å²) in [6.07, 6.45) is -1.05. The van der Waals surface area contributed by atoms with E-state index in [9.17, 15) is 23.5 Å². The van der Waals surface area contributed by atoms with Crippen molar-refractivity contribution in [2.24, 2.45) is 0 Å². The Morgan fingerprint density at radius 1 is 1.08 bits per heavy atom. The molecule has 0 fully saturated rings. The fourth-order valence-electron chi connectivity index (χ4n) is 2.18. The van der Waals surface area contributed by atoms with Crippen LogP contribution in [0.25, 0.3) is 0 Å². The van der Waals surface area contributed by atoms with Crippen molar-refractivity contribution in [2.75, 3.05) is 6.54 Å². The first kappa shape index (κ1) is 17.7. The van der Waals surface area contributed by atoms with Gasteiger partial charge in [0.25, 0.3) is 5.91 Å². The molecule has 4 nitrogen and oxygen atoms in total. The highest BCUT2D eigenvalue weighted by atomic mass is 19.1. The fraction of sp³-hybridized carbons (Fsp3) is 0.222. The molecule has 0 aromatic heterocycles. The molecule has 2 aromatic rings. The minimum Gasteiger partial charge on any atom is -0.391 e. The first-order valence-electron chi connectivity index (χ1n) is 7.38. The zero-order chi connectivity index (χ0) is 17.7. The van der Waals surface area contributed by atoms with Crippen LogP contribution in [-0.2, 0) is 6.42 Å². The van der Waals surface area contributed by atoms with Crippen LogP contribution in [-0.4, -0.2) is 29.4 Å². The number of carbonyl (C=O) groups is 2. The predicted octanol–water partition coefficient (Wildman–Crippen LogP) is 2.50. The van der Waals surface area contributed by atoms with Gasteiger partial charge in [0.2, 0.25) is 0 Å². The molecule has 0 aliphatic carbocycles. The van der Waals surface area contributed by atoms with E-state index in [1.807, 2.05) is 0 Å². The molecule has 1 atom stereocenters. The number of halogens is 2. The molecule has 0 spiro atoms. The Morgan fingerprint density at radius 3 is 2.29 bits per heavy atom. The maximum Gasteiger partial charge on any atom is 0.251 e. The highest BCUT2D eigenvalue weighted by Gasteiger charge is 2.13.